The van der Waals surface area contributed by atoms with Crippen molar-refractivity contribution in [2.45, 2.75) is 84.5 Å². The fourth-order valence-electron chi connectivity index (χ4n) is 4.46. The Hall–Kier alpha value is -4.40. The summed E-state index contributed by atoms with van der Waals surface area (Å²) in [4.78, 5) is 36.3. The molecule has 0 aliphatic heterocycles. The van der Waals surface area contributed by atoms with E-state index in [2.05, 4.69) is 13.8 Å². The third kappa shape index (κ3) is 11.7. The third-order valence-corrected chi connectivity index (χ3v) is 7.00. The van der Waals surface area contributed by atoms with Gasteiger partial charge in [-0.3, -0.25) is 10.1 Å². The first-order chi connectivity index (χ1) is 21.4. The second-order valence-electron chi connectivity index (χ2n) is 10.6. The topological polar surface area (TPSA) is 114 Å². The van der Waals surface area contributed by atoms with Crippen LogP contribution in [0, 0.1) is 10.1 Å². The second-order valence-corrected chi connectivity index (χ2v) is 10.6. The van der Waals surface area contributed by atoms with Gasteiger partial charge in [-0.2, -0.15) is 0 Å². The summed E-state index contributed by atoms with van der Waals surface area (Å²) in [6, 6.07) is 16.7. The summed E-state index contributed by atoms with van der Waals surface area (Å²) in [7, 11) is 0. The molecule has 0 bridgehead atoms. The molecule has 0 saturated heterocycles. The van der Waals surface area contributed by atoms with E-state index in [0.717, 1.165) is 51.0 Å². The highest BCUT2D eigenvalue weighted by Crippen LogP contribution is 2.29. The molecule has 3 aromatic rings. The van der Waals surface area contributed by atoms with E-state index < -0.39 is 16.9 Å². The molecule has 0 spiro atoms. The van der Waals surface area contributed by atoms with Gasteiger partial charge in [0.25, 0.3) is 0 Å². The molecule has 9 heteroatoms. The lowest BCUT2D eigenvalue weighted by Crippen LogP contribution is -2.10. The van der Waals surface area contributed by atoms with Crippen LogP contribution in [0.5, 0.6) is 23.0 Å². The van der Waals surface area contributed by atoms with E-state index in [9.17, 15) is 19.7 Å². The molecule has 236 valence electrons. The molecule has 0 amide bonds. The number of hydrogen-bond acceptors (Lipinski definition) is 8. The van der Waals surface area contributed by atoms with Crippen LogP contribution in [0.4, 0.5) is 5.69 Å². The van der Waals surface area contributed by atoms with Crippen molar-refractivity contribution in [1.29, 1.82) is 0 Å². The molecular weight excluding hydrogens is 562 g/mol. The summed E-state index contributed by atoms with van der Waals surface area (Å²) in [5, 5.41) is 11.6. The molecule has 0 radical (unpaired) electrons. The SMILES string of the molecule is CCCCCCCCOc1ccc(C(=O)Oc2ccc(OC(=O)c3ccc(OCCCCCCC)c([N+](=O)[O-])c3)cc2)cc1. The van der Waals surface area contributed by atoms with Crippen molar-refractivity contribution in [1.82, 2.24) is 0 Å². The molecule has 0 aliphatic carbocycles. The second kappa shape index (κ2) is 19.0. The lowest BCUT2D eigenvalue weighted by Gasteiger charge is -2.09. The number of benzene rings is 3. The summed E-state index contributed by atoms with van der Waals surface area (Å²) in [6.45, 7) is 5.34. The zero-order chi connectivity index (χ0) is 31.6. The van der Waals surface area contributed by atoms with Gasteiger partial charge in [0.15, 0.2) is 5.75 Å². The Bertz CT molecular complexity index is 1320. The third-order valence-electron chi connectivity index (χ3n) is 7.00. The van der Waals surface area contributed by atoms with E-state index in [1.807, 2.05) is 0 Å². The highest BCUT2D eigenvalue weighted by atomic mass is 16.6. The average molecular weight is 606 g/mol. The number of ether oxygens (including phenoxy) is 4. The molecule has 3 rings (SSSR count). The van der Waals surface area contributed by atoms with Crippen LogP contribution in [0.1, 0.15) is 105 Å². The van der Waals surface area contributed by atoms with Crippen molar-refractivity contribution in [3.05, 3.63) is 88.0 Å². The molecule has 0 aromatic heterocycles. The van der Waals surface area contributed by atoms with E-state index in [1.165, 1.54) is 62.1 Å². The highest BCUT2D eigenvalue weighted by molar-refractivity contribution is 5.92. The van der Waals surface area contributed by atoms with Gasteiger partial charge in [0.05, 0.1) is 29.3 Å². The number of rotatable bonds is 20. The Morgan fingerprint density at radius 2 is 1.05 bits per heavy atom. The smallest absolute Gasteiger partial charge is 0.343 e. The minimum Gasteiger partial charge on any atom is -0.494 e. The quantitative estimate of drug-likeness (QED) is 0.0412. The number of nitro benzene ring substituents is 1. The lowest BCUT2D eigenvalue weighted by atomic mass is 10.1. The number of esters is 2. The molecular formula is C35H43NO8. The number of nitro groups is 1. The highest BCUT2D eigenvalue weighted by Gasteiger charge is 2.20. The van der Waals surface area contributed by atoms with Crippen molar-refractivity contribution in [3.63, 3.8) is 0 Å². The zero-order valence-corrected chi connectivity index (χ0v) is 25.8. The van der Waals surface area contributed by atoms with E-state index in [1.54, 1.807) is 24.3 Å². The Morgan fingerprint density at radius 1 is 0.591 bits per heavy atom. The van der Waals surface area contributed by atoms with Gasteiger partial charge in [-0.15, -0.1) is 0 Å². The Balaban J connectivity index is 1.47. The van der Waals surface area contributed by atoms with Gasteiger partial charge >= 0.3 is 17.6 Å². The van der Waals surface area contributed by atoms with Crippen molar-refractivity contribution in [3.8, 4) is 23.0 Å². The normalized spacial score (nSPS) is 10.7. The summed E-state index contributed by atoms with van der Waals surface area (Å²) >= 11 is 0. The molecule has 0 aliphatic rings. The van der Waals surface area contributed by atoms with Gasteiger partial charge in [0.1, 0.15) is 17.2 Å². The first kappa shape index (κ1) is 34.1. The lowest BCUT2D eigenvalue weighted by molar-refractivity contribution is -0.385. The Morgan fingerprint density at radius 3 is 1.59 bits per heavy atom. The van der Waals surface area contributed by atoms with Crippen LogP contribution in [0.3, 0.4) is 0 Å². The van der Waals surface area contributed by atoms with Crippen molar-refractivity contribution in [2.24, 2.45) is 0 Å². The fourth-order valence-corrected chi connectivity index (χ4v) is 4.46. The van der Waals surface area contributed by atoms with Crippen molar-refractivity contribution >= 4 is 17.6 Å². The Labute approximate surface area is 259 Å². The summed E-state index contributed by atoms with van der Waals surface area (Å²) < 4.78 is 22.2. The summed E-state index contributed by atoms with van der Waals surface area (Å²) in [5.74, 6) is -0.0209. The number of nitrogens with zero attached hydrogens (tertiary/aromatic N) is 1. The van der Waals surface area contributed by atoms with Crippen LogP contribution in [0.25, 0.3) is 0 Å². The minimum atomic E-state index is -0.761. The van der Waals surface area contributed by atoms with Crippen LogP contribution in [0.2, 0.25) is 0 Å². The number of carbonyl (C=O) groups excluding carboxylic acids is 2. The van der Waals surface area contributed by atoms with E-state index >= 15 is 0 Å². The van der Waals surface area contributed by atoms with E-state index in [-0.39, 0.29) is 28.5 Å². The molecule has 0 unspecified atom stereocenters. The van der Waals surface area contributed by atoms with Gasteiger partial charge in [-0.1, -0.05) is 71.6 Å². The maximum absolute atomic E-state index is 12.7. The molecule has 0 heterocycles. The van der Waals surface area contributed by atoms with Gasteiger partial charge in [-0.05, 0) is 73.5 Å². The number of hydrogen-bond donors (Lipinski definition) is 0. The van der Waals surface area contributed by atoms with Gasteiger partial charge < -0.3 is 18.9 Å². The van der Waals surface area contributed by atoms with Crippen LogP contribution >= 0.6 is 0 Å². The van der Waals surface area contributed by atoms with Gasteiger partial charge in [0.2, 0.25) is 0 Å². The molecule has 44 heavy (non-hydrogen) atoms. The van der Waals surface area contributed by atoms with Gasteiger partial charge in [0, 0.05) is 6.07 Å². The van der Waals surface area contributed by atoms with Crippen LogP contribution < -0.4 is 18.9 Å². The molecule has 9 nitrogen and oxygen atoms in total. The van der Waals surface area contributed by atoms with E-state index in [4.69, 9.17) is 18.9 Å². The van der Waals surface area contributed by atoms with Crippen LogP contribution in [0.15, 0.2) is 66.7 Å². The molecule has 0 N–H and O–H groups in total. The predicted molar refractivity (Wildman–Crippen MR) is 169 cm³/mol. The van der Waals surface area contributed by atoms with Crippen molar-refractivity contribution in [2.75, 3.05) is 13.2 Å². The predicted octanol–water partition coefficient (Wildman–Crippen LogP) is 9.12. The first-order valence-electron chi connectivity index (χ1n) is 15.6. The maximum Gasteiger partial charge on any atom is 0.343 e. The van der Waals surface area contributed by atoms with Crippen molar-refractivity contribution < 1.29 is 33.5 Å². The van der Waals surface area contributed by atoms with E-state index in [0.29, 0.717) is 24.5 Å². The van der Waals surface area contributed by atoms with Gasteiger partial charge in [-0.25, -0.2) is 9.59 Å². The standard InChI is InChI=1S/C35H43NO8/c1-3-5-7-9-11-12-24-41-29-17-14-27(15-18-29)34(37)43-30-19-21-31(22-20-30)44-35(38)28-16-23-33(32(26-28)36(39)40)42-25-13-10-8-6-4-2/h14-23,26H,3-13,24-25H2,1-2H3. The Kier molecular flexibility index (Phi) is 14.7. The first-order valence-corrected chi connectivity index (χ1v) is 15.6. The monoisotopic (exact) mass is 605 g/mol. The number of unbranched alkanes of at least 4 members (excludes halogenated alkanes) is 9. The minimum absolute atomic E-state index is 0.0156. The maximum atomic E-state index is 12.7. The number of carbonyl (C=O) groups is 2. The largest absolute Gasteiger partial charge is 0.494 e. The van der Waals surface area contributed by atoms with Crippen LogP contribution in [-0.2, 0) is 0 Å². The zero-order valence-electron chi connectivity index (χ0n) is 25.8. The molecule has 0 fully saturated rings. The fraction of sp³-hybridized carbons (Fsp3) is 0.429. The molecule has 0 atom stereocenters. The molecule has 3 aromatic carbocycles. The molecule has 0 saturated carbocycles. The van der Waals surface area contributed by atoms with Crippen LogP contribution in [-0.4, -0.2) is 30.1 Å². The summed E-state index contributed by atoms with van der Waals surface area (Å²) in [6.07, 6.45) is 12.3. The average Bonchev–Trinajstić information content (AvgIpc) is 3.03. The summed E-state index contributed by atoms with van der Waals surface area (Å²) in [5.41, 5.74) is 0.0903.